The third-order valence-electron chi connectivity index (χ3n) is 4.76. The first kappa shape index (κ1) is 19.2. The minimum Gasteiger partial charge on any atom is -0.341 e. The van der Waals surface area contributed by atoms with Gasteiger partial charge in [-0.25, -0.2) is 0 Å². The molecule has 0 aliphatic carbocycles. The second-order valence-corrected chi connectivity index (χ2v) is 7.12. The second-order valence-electron chi connectivity index (χ2n) is 6.27. The Kier molecular flexibility index (Phi) is 6.66. The highest BCUT2D eigenvalue weighted by Crippen LogP contribution is 2.32. The first-order valence-corrected chi connectivity index (χ1v) is 8.90. The minimum atomic E-state index is -0.231. The molecule has 5 nitrogen and oxygen atoms in total. The van der Waals surface area contributed by atoms with Gasteiger partial charge >= 0.3 is 0 Å². The van der Waals surface area contributed by atoms with E-state index in [1.54, 1.807) is 4.90 Å². The van der Waals surface area contributed by atoms with Gasteiger partial charge in [0.25, 0.3) is 0 Å². The van der Waals surface area contributed by atoms with Gasteiger partial charge in [0.2, 0.25) is 11.8 Å². The van der Waals surface area contributed by atoms with Crippen molar-refractivity contribution < 1.29 is 9.59 Å². The molecule has 0 radical (unpaired) electrons. The van der Waals surface area contributed by atoms with Gasteiger partial charge in [-0.2, -0.15) is 0 Å². The number of nitrogens with zero attached hydrogens (tertiary/aromatic N) is 2. The SMILES string of the molecule is CNC1CCCN(C(=O)C2CC(=O)N(c3ccccc3Br)C2)C1.Cl. The van der Waals surface area contributed by atoms with E-state index in [1.165, 1.54) is 0 Å². The number of likely N-dealkylation sites (N-methyl/N-ethyl adjacent to an activating group) is 1. The molecule has 2 unspecified atom stereocenters. The number of rotatable bonds is 3. The Balaban J connectivity index is 0.00000208. The zero-order valence-corrected chi connectivity index (χ0v) is 16.1. The van der Waals surface area contributed by atoms with Gasteiger partial charge in [-0.15, -0.1) is 12.4 Å². The van der Waals surface area contributed by atoms with Gasteiger partial charge in [-0.3, -0.25) is 9.59 Å². The van der Waals surface area contributed by atoms with Crippen LogP contribution in [0.5, 0.6) is 0 Å². The number of para-hydroxylation sites is 1. The van der Waals surface area contributed by atoms with Crippen molar-refractivity contribution >= 4 is 45.8 Å². The normalized spacial score (nSPS) is 24.0. The molecular formula is C17H23BrClN3O2. The molecule has 0 bridgehead atoms. The molecule has 2 fully saturated rings. The number of nitrogens with one attached hydrogen (secondary N) is 1. The van der Waals surface area contributed by atoms with Crippen LogP contribution in [0.1, 0.15) is 19.3 Å². The fraction of sp³-hybridized carbons (Fsp3) is 0.529. The van der Waals surface area contributed by atoms with Crippen LogP contribution in [0, 0.1) is 5.92 Å². The summed E-state index contributed by atoms with van der Waals surface area (Å²) in [5.74, 6) is -0.0875. The molecular weight excluding hydrogens is 394 g/mol. The lowest BCUT2D eigenvalue weighted by Crippen LogP contribution is -2.49. The molecule has 0 saturated carbocycles. The van der Waals surface area contributed by atoms with Crippen LogP contribution in [0.2, 0.25) is 0 Å². The van der Waals surface area contributed by atoms with Crippen molar-refractivity contribution in [2.75, 3.05) is 31.6 Å². The number of piperidine rings is 1. The number of hydrogen-bond acceptors (Lipinski definition) is 3. The average Bonchev–Trinajstić information content (AvgIpc) is 2.96. The number of hydrogen-bond donors (Lipinski definition) is 1. The largest absolute Gasteiger partial charge is 0.341 e. The summed E-state index contributed by atoms with van der Waals surface area (Å²) in [5.41, 5.74) is 0.847. The third-order valence-corrected chi connectivity index (χ3v) is 5.43. The summed E-state index contributed by atoms with van der Waals surface area (Å²) in [6, 6.07) is 8.02. The Labute approximate surface area is 157 Å². The van der Waals surface area contributed by atoms with Crippen LogP contribution in [-0.4, -0.2) is 49.4 Å². The Morgan fingerprint density at radius 3 is 2.75 bits per heavy atom. The zero-order chi connectivity index (χ0) is 16.4. The van der Waals surface area contributed by atoms with Gasteiger partial charge in [0, 0.05) is 36.6 Å². The van der Waals surface area contributed by atoms with Gasteiger partial charge in [0.15, 0.2) is 0 Å². The molecule has 0 aromatic heterocycles. The second kappa shape index (κ2) is 8.32. The molecule has 2 atom stereocenters. The zero-order valence-electron chi connectivity index (χ0n) is 13.7. The summed E-state index contributed by atoms with van der Waals surface area (Å²) >= 11 is 3.49. The fourth-order valence-corrected chi connectivity index (χ4v) is 3.95. The molecule has 2 amide bonds. The number of carbonyl (C=O) groups excluding carboxylic acids is 2. The number of anilines is 1. The summed E-state index contributed by atoms with van der Waals surface area (Å²) in [5, 5.41) is 3.25. The first-order chi connectivity index (χ1) is 11.1. The van der Waals surface area contributed by atoms with Gasteiger partial charge in [0.05, 0.1) is 11.6 Å². The lowest BCUT2D eigenvalue weighted by Gasteiger charge is -2.34. The van der Waals surface area contributed by atoms with E-state index in [1.807, 2.05) is 36.2 Å². The van der Waals surface area contributed by atoms with Crippen molar-refractivity contribution in [3.63, 3.8) is 0 Å². The molecule has 1 aromatic rings. The molecule has 2 aliphatic rings. The molecule has 2 aliphatic heterocycles. The smallest absolute Gasteiger partial charge is 0.228 e. The van der Waals surface area contributed by atoms with Gasteiger partial charge < -0.3 is 15.1 Å². The number of amides is 2. The lowest BCUT2D eigenvalue weighted by molar-refractivity contribution is -0.137. The van der Waals surface area contributed by atoms with Crippen LogP contribution in [0.15, 0.2) is 28.7 Å². The highest BCUT2D eigenvalue weighted by molar-refractivity contribution is 9.10. The number of halogens is 2. The molecule has 132 valence electrons. The van der Waals surface area contributed by atoms with E-state index < -0.39 is 0 Å². The lowest BCUT2D eigenvalue weighted by atomic mass is 10.0. The van der Waals surface area contributed by atoms with Crippen molar-refractivity contribution in [1.82, 2.24) is 10.2 Å². The monoisotopic (exact) mass is 415 g/mol. The highest BCUT2D eigenvalue weighted by Gasteiger charge is 2.38. The minimum absolute atomic E-state index is 0. The maximum absolute atomic E-state index is 12.8. The van der Waals surface area contributed by atoms with Crippen molar-refractivity contribution in [3.05, 3.63) is 28.7 Å². The Hall–Kier alpha value is -1.11. The summed E-state index contributed by atoms with van der Waals surface area (Å²) in [4.78, 5) is 28.8. The van der Waals surface area contributed by atoms with E-state index in [4.69, 9.17) is 0 Å². The van der Waals surface area contributed by atoms with Gasteiger partial charge in [-0.1, -0.05) is 12.1 Å². The van der Waals surface area contributed by atoms with Crippen molar-refractivity contribution in [2.45, 2.75) is 25.3 Å². The molecule has 0 spiro atoms. The predicted molar refractivity (Wildman–Crippen MR) is 101 cm³/mol. The standard InChI is InChI=1S/C17H22BrN3O2.ClH/c1-19-13-5-4-8-20(11-13)17(23)12-9-16(22)21(10-12)15-7-3-2-6-14(15)18;/h2-3,6-7,12-13,19H,4-5,8-11H2,1H3;1H. The maximum atomic E-state index is 12.8. The van der Waals surface area contributed by atoms with E-state index in [0.29, 0.717) is 19.0 Å². The van der Waals surface area contributed by atoms with Crippen LogP contribution in [0.25, 0.3) is 0 Å². The Morgan fingerprint density at radius 1 is 1.29 bits per heavy atom. The molecule has 3 rings (SSSR count). The van der Waals surface area contributed by atoms with E-state index in [-0.39, 0.29) is 30.1 Å². The van der Waals surface area contributed by atoms with E-state index in [0.717, 1.165) is 36.1 Å². The van der Waals surface area contributed by atoms with Crippen LogP contribution < -0.4 is 10.2 Å². The first-order valence-electron chi connectivity index (χ1n) is 8.11. The molecule has 1 N–H and O–H groups in total. The summed E-state index contributed by atoms with van der Waals surface area (Å²) in [6.07, 6.45) is 2.43. The Morgan fingerprint density at radius 2 is 2.04 bits per heavy atom. The van der Waals surface area contributed by atoms with E-state index >= 15 is 0 Å². The topological polar surface area (TPSA) is 52.7 Å². The van der Waals surface area contributed by atoms with Crippen LogP contribution >= 0.6 is 28.3 Å². The quantitative estimate of drug-likeness (QED) is 0.823. The predicted octanol–water partition coefficient (Wildman–Crippen LogP) is 2.43. The summed E-state index contributed by atoms with van der Waals surface area (Å²) < 4.78 is 0.884. The summed E-state index contributed by atoms with van der Waals surface area (Å²) in [6.45, 7) is 2.02. The van der Waals surface area contributed by atoms with E-state index in [2.05, 4.69) is 21.2 Å². The number of carbonyl (C=O) groups is 2. The molecule has 1 aromatic carbocycles. The fourth-order valence-electron chi connectivity index (χ4n) is 3.45. The molecule has 2 heterocycles. The summed E-state index contributed by atoms with van der Waals surface area (Å²) in [7, 11) is 1.94. The van der Waals surface area contributed by atoms with Crippen LogP contribution in [-0.2, 0) is 9.59 Å². The van der Waals surface area contributed by atoms with Gasteiger partial charge in [0.1, 0.15) is 0 Å². The van der Waals surface area contributed by atoms with Crippen molar-refractivity contribution in [1.29, 1.82) is 0 Å². The van der Waals surface area contributed by atoms with Gasteiger partial charge in [-0.05, 0) is 48.0 Å². The third kappa shape index (κ3) is 3.92. The molecule has 2 saturated heterocycles. The van der Waals surface area contributed by atoms with Crippen LogP contribution in [0.4, 0.5) is 5.69 Å². The molecule has 7 heteroatoms. The van der Waals surface area contributed by atoms with Crippen LogP contribution in [0.3, 0.4) is 0 Å². The molecule has 24 heavy (non-hydrogen) atoms. The Bertz CT molecular complexity index is 613. The van der Waals surface area contributed by atoms with Crippen molar-refractivity contribution in [2.24, 2.45) is 5.92 Å². The highest BCUT2D eigenvalue weighted by atomic mass is 79.9. The number of likely N-dealkylation sites (tertiary alicyclic amines) is 1. The number of benzene rings is 1. The van der Waals surface area contributed by atoms with E-state index in [9.17, 15) is 9.59 Å². The maximum Gasteiger partial charge on any atom is 0.228 e. The average molecular weight is 417 g/mol. The van der Waals surface area contributed by atoms with Crippen molar-refractivity contribution in [3.8, 4) is 0 Å².